The Balaban J connectivity index is 3.38. The molecule has 5 heteroatoms. The maximum atomic E-state index is 8.84. The summed E-state index contributed by atoms with van der Waals surface area (Å²) < 4.78 is 15.4. The Morgan fingerprint density at radius 2 is 1.62 bits per heavy atom. The van der Waals surface area contributed by atoms with Crippen LogP contribution in [0, 0.1) is 11.3 Å². The number of nitrogens with zero attached hydrogens (tertiary/aromatic N) is 1. The molecule has 1 unspecified atom stereocenters. The summed E-state index contributed by atoms with van der Waals surface area (Å²) in [6.07, 6.45) is 0. The van der Waals surface area contributed by atoms with E-state index in [9.17, 15) is 0 Å². The van der Waals surface area contributed by atoms with E-state index in [0.29, 0.717) is 22.8 Å². The molecule has 1 atom stereocenters. The molecule has 0 bridgehead atoms. The van der Waals surface area contributed by atoms with Gasteiger partial charge in [0.2, 0.25) is 0 Å². The molecule has 0 aliphatic rings. The molecule has 0 heterocycles. The first-order valence-corrected chi connectivity index (χ1v) is 4.63. The smallest absolute Gasteiger partial charge is 0.132 e. The molecule has 0 aromatic heterocycles. The van der Waals surface area contributed by atoms with Crippen LogP contribution < -0.4 is 19.9 Å². The molecule has 0 saturated heterocycles. The summed E-state index contributed by atoms with van der Waals surface area (Å²) in [5, 5.41) is 8.84. The van der Waals surface area contributed by atoms with E-state index in [2.05, 4.69) is 0 Å². The van der Waals surface area contributed by atoms with Crippen molar-refractivity contribution in [1.29, 1.82) is 5.26 Å². The third kappa shape index (κ3) is 2.18. The summed E-state index contributed by atoms with van der Waals surface area (Å²) in [6.45, 7) is 0. The third-order valence-electron chi connectivity index (χ3n) is 2.20. The molecule has 0 amide bonds. The fourth-order valence-corrected chi connectivity index (χ4v) is 1.40. The Hall–Kier alpha value is -1.93. The number of benzene rings is 1. The second-order valence-electron chi connectivity index (χ2n) is 3.05. The number of methoxy groups -OCH3 is 3. The zero-order chi connectivity index (χ0) is 12.1. The minimum atomic E-state index is -0.796. The van der Waals surface area contributed by atoms with Gasteiger partial charge in [0.25, 0.3) is 0 Å². The van der Waals surface area contributed by atoms with Gasteiger partial charge >= 0.3 is 0 Å². The van der Waals surface area contributed by atoms with Crippen LogP contribution in [0.5, 0.6) is 17.2 Å². The molecular formula is C11H14N2O3. The monoisotopic (exact) mass is 222 g/mol. The lowest BCUT2D eigenvalue weighted by molar-refractivity contribution is 0.367. The van der Waals surface area contributed by atoms with Crippen molar-refractivity contribution >= 4 is 0 Å². The van der Waals surface area contributed by atoms with Gasteiger partial charge in [-0.2, -0.15) is 5.26 Å². The average Bonchev–Trinajstić information content (AvgIpc) is 2.35. The fraction of sp³-hybridized carbons (Fsp3) is 0.364. The van der Waals surface area contributed by atoms with Gasteiger partial charge in [-0.05, 0) is 0 Å². The quantitative estimate of drug-likeness (QED) is 0.829. The van der Waals surface area contributed by atoms with Crippen molar-refractivity contribution < 1.29 is 14.2 Å². The SMILES string of the molecule is COc1cc(OC)c(C(N)C#N)c(OC)c1. The highest BCUT2D eigenvalue weighted by Gasteiger charge is 2.19. The van der Waals surface area contributed by atoms with Crippen LogP contribution in [0.1, 0.15) is 11.6 Å². The second kappa shape index (κ2) is 5.24. The van der Waals surface area contributed by atoms with Crippen LogP contribution in [0.3, 0.4) is 0 Å². The highest BCUT2D eigenvalue weighted by molar-refractivity contribution is 5.53. The van der Waals surface area contributed by atoms with Gasteiger partial charge in [0, 0.05) is 12.1 Å². The van der Waals surface area contributed by atoms with E-state index in [1.807, 2.05) is 6.07 Å². The zero-order valence-corrected chi connectivity index (χ0v) is 9.48. The molecule has 0 aliphatic carbocycles. The number of hydrogen-bond donors (Lipinski definition) is 1. The molecule has 86 valence electrons. The zero-order valence-electron chi connectivity index (χ0n) is 9.48. The lowest BCUT2D eigenvalue weighted by Crippen LogP contribution is -2.11. The van der Waals surface area contributed by atoms with Gasteiger partial charge in [0.15, 0.2) is 0 Å². The first-order chi connectivity index (χ1) is 7.67. The highest BCUT2D eigenvalue weighted by Crippen LogP contribution is 2.37. The maximum Gasteiger partial charge on any atom is 0.132 e. The van der Waals surface area contributed by atoms with E-state index in [4.69, 9.17) is 25.2 Å². The van der Waals surface area contributed by atoms with Crippen molar-refractivity contribution in [2.75, 3.05) is 21.3 Å². The van der Waals surface area contributed by atoms with Crippen LogP contribution >= 0.6 is 0 Å². The topological polar surface area (TPSA) is 77.5 Å². The number of nitrogens with two attached hydrogens (primary N) is 1. The predicted octanol–water partition coefficient (Wildman–Crippen LogP) is 1.24. The first kappa shape index (κ1) is 12.1. The number of rotatable bonds is 4. The Morgan fingerprint density at radius 1 is 1.12 bits per heavy atom. The van der Waals surface area contributed by atoms with Gasteiger partial charge < -0.3 is 19.9 Å². The number of ether oxygens (including phenoxy) is 3. The normalized spacial score (nSPS) is 11.4. The molecule has 0 radical (unpaired) electrons. The summed E-state index contributed by atoms with van der Waals surface area (Å²) >= 11 is 0. The van der Waals surface area contributed by atoms with Crippen molar-refractivity contribution in [3.05, 3.63) is 17.7 Å². The Morgan fingerprint density at radius 3 is 1.94 bits per heavy atom. The number of nitriles is 1. The van der Waals surface area contributed by atoms with Gasteiger partial charge in [-0.3, -0.25) is 0 Å². The van der Waals surface area contributed by atoms with E-state index in [1.165, 1.54) is 21.3 Å². The lowest BCUT2D eigenvalue weighted by Gasteiger charge is -2.15. The molecule has 16 heavy (non-hydrogen) atoms. The molecule has 1 aromatic carbocycles. The highest BCUT2D eigenvalue weighted by atomic mass is 16.5. The second-order valence-corrected chi connectivity index (χ2v) is 3.05. The summed E-state index contributed by atoms with van der Waals surface area (Å²) in [5.74, 6) is 1.54. The summed E-state index contributed by atoms with van der Waals surface area (Å²) in [4.78, 5) is 0. The van der Waals surface area contributed by atoms with Crippen LogP contribution in [0.2, 0.25) is 0 Å². The molecule has 1 aromatic rings. The van der Waals surface area contributed by atoms with Crippen LogP contribution in [0.15, 0.2) is 12.1 Å². The summed E-state index contributed by atoms with van der Waals surface area (Å²) in [7, 11) is 4.54. The van der Waals surface area contributed by atoms with Crippen LogP contribution in [0.4, 0.5) is 0 Å². The van der Waals surface area contributed by atoms with E-state index >= 15 is 0 Å². The third-order valence-corrected chi connectivity index (χ3v) is 2.20. The molecule has 0 spiro atoms. The number of hydrogen-bond acceptors (Lipinski definition) is 5. The van der Waals surface area contributed by atoms with Gasteiger partial charge in [0.1, 0.15) is 23.3 Å². The van der Waals surface area contributed by atoms with E-state index < -0.39 is 6.04 Å². The Labute approximate surface area is 94.3 Å². The first-order valence-electron chi connectivity index (χ1n) is 4.63. The van der Waals surface area contributed by atoms with Crippen molar-refractivity contribution in [2.24, 2.45) is 5.73 Å². The minimum absolute atomic E-state index is 0.477. The standard InChI is InChI=1S/C11H14N2O3/c1-14-7-4-9(15-2)11(8(13)6-12)10(5-7)16-3/h4-5,8H,13H2,1-3H3. The van der Waals surface area contributed by atoms with Crippen molar-refractivity contribution in [2.45, 2.75) is 6.04 Å². The fourth-order valence-electron chi connectivity index (χ4n) is 1.40. The lowest BCUT2D eigenvalue weighted by atomic mass is 10.1. The summed E-state index contributed by atoms with van der Waals surface area (Å²) in [5.41, 5.74) is 6.20. The van der Waals surface area contributed by atoms with Gasteiger partial charge in [-0.15, -0.1) is 0 Å². The molecule has 5 nitrogen and oxygen atoms in total. The predicted molar refractivity (Wildman–Crippen MR) is 58.6 cm³/mol. The van der Waals surface area contributed by atoms with E-state index in [0.717, 1.165) is 0 Å². The van der Waals surface area contributed by atoms with Crippen LogP contribution in [0.25, 0.3) is 0 Å². The molecule has 0 aliphatic heterocycles. The largest absolute Gasteiger partial charge is 0.496 e. The van der Waals surface area contributed by atoms with Crippen molar-refractivity contribution in [1.82, 2.24) is 0 Å². The van der Waals surface area contributed by atoms with Gasteiger partial charge in [-0.25, -0.2) is 0 Å². The van der Waals surface area contributed by atoms with E-state index in [1.54, 1.807) is 12.1 Å². The van der Waals surface area contributed by atoms with Gasteiger partial charge in [-0.1, -0.05) is 0 Å². The summed E-state index contributed by atoms with van der Waals surface area (Å²) in [6, 6.07) is 4.47. The van der Waals surface area contributed by atoms with Crippen molar-refractivity contribution in [3.8, 4) is 23.3 Å². The Kier molecular flexibility index (Phi) is 3.97. The van der Waals surface area contributed by atoms with E-state index in [-0.39, 0.29) is 0 Å². The van der Waals surface area contributed by atoms with Gasteiger partial charge in [0.05, 0.1) is 33.0 Å². The molecule has 0 saturated carbocycles. The molecule has 0 fully saturated rings. The maximum absolute atomic E-state index is 8.84. The molecule has 2 N–H and O–H groups in total. The molecular weight excluding hydrogens is 208 g/mol. The average molecular weight is 222 g/mol. The van der Waals surface area contributed by atoms with Crippen LogP contribution in [-0.4, -0.2) is 21.3 Å². The van der Waals surface area contributed by atoms with Crippen LogP contribution in [-0.2, 0) is 0 Å². The Bertz CT molecular complexity index is 387. The van der Waals surface area contributed by atoms with Crippen molar-refractivity contribution in [3.63, 3.8) is 0 Å². The molecule has 1 rings (SSSR count). The minimum Gasteiger partial charge on any atom is -0.496 e.